The third-order valence-electron chi connectivity index (χ3n) is 2.06. The van der Waals surface area contributed by atoms with Gasteiger partial charge in [-0.15, -0.1) is 0 Å². The molecule has 0 spiro atoms. The summed E-state index contributed by atoms with van der Waals surface area (Å²) in [6.07, 6.45) is 2.58. The van der Waals surface area contributed by atoms with Gasteiger partial charge in [0.1, 0.15) is 6.33 Å². The fourth-order valence-corrected chi connectivity index (χ4v) is 1.21. The number of rotatable bonds is 5. The lowest BCUT2D eigenvalue weighted by atomic mass is 10.2. The summed E-state index contributed by atoms with van der Waals surface area (Å²) in [5, 5.41) is 3.17. The lowest BCUT2D eigenvalue weighted by molar-refractivity contribution is 0.232. The third-order valence-corrected chi connectivity index (χ3v) is 2.06. The topological polar surface area (TPSA) is 47.0 Å². The average molecular weight is 209 g/mol. The van der Waals surface area contributed by atoms with E-state index in [2.05, 4.69) is 22.2 Å². The predicted molar refractivity (Wildman–Crippen MR) is 60.0 cm³/mol. The van der Waals surface area contributed by atoms with E-state index in [0.717, 1.165) is 12.1 Å². The summed E-state index contributed by atoms with van der Waals surface area (Å²) in [5.74, 6) is 0.651. The van der Waals surface area contributed by atoms with Crippen LogP contribution in [-0.2, 0) is 6.42 Å². The van der Waals surface area contributed by atoms with Gasteiger partial charge in [-0.3, -0.25) is 0 Å². The average Bonchev–Trinajstić information content (AvgIpc) is 2.17. The van der Waals surface area contributed by atoms with Crippen molar-refractivity contribution < 1.29 is 4.74 Å². The van der Waals surface area contributed by atoms with Gasteiger partial charge >= 0.3 is 0 Å². The molecule has 0 aliphatic heterocycles. The van der Waals surface area contributed by atoms with E-state index in [-0.39, 0.29) is 6.10 Å². The number of hydrogen-bond acceptors (Lipinski definition) is 4. The van der Waals surface area contributed by atoms with E-state index in [9.17, 15) is 0 Å². The zero-order valence-electron chi connectivity index (χ0n) is 9.82. The summed E-state index contributed by atoms with van der Waals surface area (Å²) >= 11 is 0. The first-order chi connectivity index (χ1) is 7.11. The van der Waals surface area contributed by atoms with Gasteiger partial charge in [-0.1, -0.05) is 0 Å². The third kappa shape index (κ3) is 4.25. The minimum absolute atomic E-state index is 0.148. The van der Waals surface area contributed by atoms with Gasteiger partial charge in [-0.05, 0) is 27.8 Å². The largest absolute Gasteiger partial charge is 0.475 e. The highest BCUT2D eigenvalue weighted by molar-refractivity contribution is 5.14. The molecule has 0 aliphatic carbocycles. The predicted octanol–water partition coefficient (Wildman–Crippen LogP) is 1.41. The summed E-state index contributed by atoms with van der Waals surface area (Å²) in [5.41, 5.74) is 1.00. The highest BCUT2D eigenvalue weighted by Crippen LogP contribution is 2.10. The Bertz CT molecular complexity index is 302. The van der Waals surface area contributed by atoms with Crippen LogP contribution in [-0.4, -0.2) is 29.2 Å². The number of nitrogens with one attached hydrogen (secondary N) is 1. The molecule has 0 radical (unpaired) electrons. The number of ether oxygens (including phenoxy) is 1. The molecular weight excluding hydrogens is 190 g/mol. The van der Waals surface area contributed by atoms with Crippen molar-refractivity contribution in [3.05, 3.63) is 18.1 Å². The van der Waals surface area contributed by atoms with Crippen molar-refractivity contribution in [3.8, 4) is 5.88 Å². The summed E-state index contributed by atoms with van der Waals surface area (Å²) in [6.45, 7) is 6.08. The van der Waals surface area contributed by atoms with Crippen LogP contribution in [0, 0.1) is 0 Å². The molecule has 1 aromatic rings. The van der Waals surface area contributed by atoms with Crippen LogP contribution >= 0.6 is 0 Å². The molecule has 0 aliphatic rings. The van der Waals surface area contributed by atoms with Gasteiger partial charge in [-0.2, -0.15) is 0 Å². The maximum absolute atomic E-state index is 5.50. The Balaban J connectivity index is 2.65. The fourth-order valence-electron chi connectivity index (χ4n) is 1.21. The lowest BCUT2D eigenvalue weighted by Crippen LogP contribution is -2.24. The molecule has 4 nitrogen and oxygen atoms in total. The van der Waals surface area contributed by atoms with Crippen LogP contribution in [0.25, 0.3) is 0 Å². The Labute approximate surface area is 91.1 Å². The van der Waals surface area contributed by atoms with Crippen LogP contribution < -0.4 is 10.1 Å². The van der Waals surface area contributed by atoms with Crippen LogP contribution in [0.2, 0.25) is 0 Å². The van der Waals surface area contributed by atoms with E-state index in [1.807, 2.05) is 27.0 Å². The zero-order chi connectivity index (χ0) is 11.3. The van der Waals surface area contributed by atoms with Gasteiger partial charge in [0.05, 0.1) is 6.10 Å². The van der Waals surface area contributed by atoms with Crippen LogP contribution in [0.5, 0.6) is 5.88 Å². The van der Waals surface area contributed by atoms with Crippen molar-refractivity contribution in [2.45, 2.75) is 39.3 Å². The summed E-state index contributed by atoms with van der Waals surface area (Å²) in [7, 11) is 1.94. The van der Waals surface area contributed by atoms with Crippen molar-refractivity contribution in [2.75, 3.05) is 7.05 Å². The quantitative estimate of drug-likeness (QED) is 0.796. The van der Waals surface area contributed by atoms with E-state index < -0.39 is 0 Å². The van der Waals surface area contributed by atoms with Crippen molar-refractivity contribution in [2.24, 2.45) is 0 Å². The van der Waals surface area contributed by atoms with E-state index in [1.165, 1.54) is 0 Å². The smallest absolute Gasteiger partial charge is 0.216 e. The second-order valence-corrected chi connectivity index (χ2v) is 3.91. The molecule has 1 unspecified atom stereocenters. The Hall–Kier alpha value is -1.16. The van der Waals surface area contributed by atoms with Crippen molar-refractivity contribution in [1.82, 2.24) is 15.3 Å². The minimum atomic E-state index is 0.148. The Kier molecular flexibility index (Phi) is 4.49. The standard InChI is InChI=1S/C11H19N3O/c1-8(2)15-11-6-10(13-7-14-11)5-9(3)12-4/h6-9,12H,5H2,1-4H3. The highest BCUT2D eigenvalue weighted by Gasteiger charge is 2.05. The lowest BCUT2D eigenvalue weighted by Gasteiger charge is -2.11. The van der Waals surface area contributed by atoms with E-state index in [4.69, 9.17) is 4.74 Å². The Morgan fingerprint density at radius 3 is 2.67 bits per heavy atom. The molecule has 4 heteroatoms. The first-order valence-electron chi connectivity index (χ1n) is 5.26. The van der Waals surface area contributed by atoms with Crippen molar-refractivity contribution in [1.29, 1.82) is 0 Å². The van der Waals surface area contributed by atoms with Gasteiger partial charge in [0.15, 0.2) is 0 Å². The molecule has 1 rings (SSSR count). The molecule has 84 valence electrons. The molecule has 15 heavy (non-hydrogen) atoms. The molecule has 0 bridgehead atoms. The number of hydrogen-bond donors (Lipinski definition) is 1. The van der Waals surface area contributed by atoms with Gasteiger partial charge in [0.25, 0.3) is 0 Å². The maximum atomic E-state index is 5.50. The summed E-state index contributed by atoms with van der Waals surface area (Å²) in [6, 6.07) is 2.31. The van der Waals surface area contributed by atoms with Gasteiger partial charge in [0.2, 0.25) is 5.88 Å². The second kappa shape index (κ2) is 5.66. The monoisotopic (exact) mass is 209 g/mol. The molecule has 1 N–H and O–H groups in total. The number of aromatic nitrogens is 2. The minimum Gasteiger partial charge on any atom is -0.475 e. The summed E-state index contributed by atoms with van der Waals surface area (Å²) < 4.78 is 5.50. The van der Waals surface area contributed by atoms with Crippen LogP contribution in [0.15, 0.2) is 12.4 Å². The SMILES string of the molecule is CNC(C)Cc1cc(OC(C)C)ncn1. The first kappa shape index (κ1) is 11.9. The molecule has 0 aromatic carbocycles. The molecular formula is C11H19N3O. The van der Waals surface area contributed by atoms with Gasteiger partial charge in [0, 0.05) is 24.2 Å². The molecule has 0 saturated carbocycles. The number of nitrogens with zero attached hydrogens (tertiary/aromatic N) is 2. The zero-order valence-corrected chi connectivity index (χ0v) is 9.82. The number of likely N-dealkylation sites (N-methyl/N-ethyl adjacent to an activating group) is 1. The Morgan fingerprint density at radius 2 is 2.07 bits per heavy atom. The van der Waals surface area contributed by atoms with Crippen molar-refractivity contribution >= 4 is 0 Å². The highest BCUT2D eigenvalue weighted by atomic mass is 16.5. The van der Waals surface area contributed by atoms with Crippen LogP contribution in [0.1, 0.15) is 26.5 Å². The maximum Gasteiger partial charge on any atom is 0.216 e. The normalized spacial score (nSPS) is 12.9. The van der Waals surface area contributed by atoms with Crippen LogP contribution in [0.4, 0.5) is 0 Å². The molecule has 1 atom stereocenters. The molecule has 0 fully saturated rings. The second-order valence-electron chi connectivity index (χ2n) is 3.91. The molecule has 0 amide bonds. The van der Waals surface area contributed by atoms with Crippen LogP contribution in [0.3, 0.4) is 0 Å². The van der Waals surface area contributed by atoms with Gasteiger partial charge in [-0.25, -0.2) is 9.97 Å². The van der Waals surface area contributed by atoms with E-state index >= 15 is 0 Å². The van der Waals surface area contributed by atoms with Gasteiger partial charge < -0.3 is 10.1 Å². The van der Waals surface area contributed by atoms with E-state index in [1.54, 1.807) is 6.33 Å². The summed E-state index contributed by atoms with van der Waals surface area (Å²) in [4.78, 5) is 8.26. The molecule has 0 saturated heterocycles. The first-order valence-corrected chi connectivity index (χ1v) is 5.26. The Morgan fingerprint density at radius 1 is 1.33 bits per heavy atom. The molecule has 1 heterocycles. The molecule has 1 aromatic heterocycles. The fraction of sp³-hybridized carbons (Fsp3) is 0.636. The van der Waals surface area contributed by atoms with Crippen molar-refractivity contribution in [3.63, 3.8) is 0 Å². The van der Waals surface area contributed by atoms with E-state index in [0.29, 0.717) is 11.9 Å².